The van der Waals surface area contributed by atoms with Crippen molar-refractivity contribution in [2.75, 3.05) is 33.7 Å². The minimum atomic E-state index is -0.139. The Kier molecular flexibility index (Phi) is 20.9. The normalized spacial score (nSPS) is 13.4. The van der Waals surface area contributed by atoms with E-state index in [0.29, 0.717) is 5.92 Å². The maximum atomic E-state index is 10.6. The summed E-state index contributed by atoms with van der Waals surface area (Å²) in [4.78, 5) is 2.24. The number of rotatable bonds is 24. The standard InChI is InChI=1S/C31H57ClN2O/c1-4-5-6-7-8-9-10-11-12-13-14-16-31(35)24-21-29(27-33-25-15-26-34(2)3)18-17-28-19-22-30(32)23-20-28/h19-20,22-23,29,31,33,35H,4-18,21,24-27H2,1-3H3. The third kappa shape index (κ3) is 20.2. The van der Waals surface area contributed by atoms with E-state index in [1.165, 1.54) is 82.6 Å². The van der Waals surface area contributed by atoms with Gasteiger partial charge in [-0.2, -0.15) is 0 Å². The van der Waals surface area contributed by atoms with E-state index in [9.17, 15) is 5.11 Å². The molecule has 0 saturated carbocycles. The van der Waals surface area contributed by atoms with E-state index < -0.39 is 0 Å². The number of nitrogens with zero attached hydrogens (tertiary/aromatic N) is 1. The zero-order valence-electron chi connectivity index (χ0n) is 23.4. The first-order valence-electron chi connectivity index (χ1n) is 14.8. The number of aliphatic hydroxyl groups is 1. The van der Waals surface area contributed by atoms with Crippen molar-refractivity contribution in [3.63, 3.8) is 0 Å². The second kappa shape index (κ2) is 22.6. The Labute approximate surface area is 223 Å². The van der Waals surface area contributed by atoms with Crippen molar-refractivity contribution in [1.82, 2.24) is 10.2 Å². The molecule has 1 aromatic rings. The van der Waals surface area contributed by atoms with Gasteiger partial charge in [-0.15, -0.1) is 0 Å². The highest BCUT2D eigenvalue weighted by atomic mass is 35.5. The van der Waals surface area contributed by atoms with Crippen LogP contribution in [0.4, 0.5) is 0 Å². The van der Waals surface area contributed by atoms with Crippen LogP contribution < -0.4 is 5.32 Å². The summed E-state index contributed by atoms with van der Waals surface area (Å²) in [5, 5.41) is 15.1. The summed E-state index contributed by atoms with van der Waals surface area (Å²) in [5.41, 5.74) is 1.36. The smallest absolute Gasteiger partial charge is 0.0540 e. The first-order valence-corrected chi connectivity index (χ1v) is 15.2. The molecule has 35 heavy (non-hydrogen) atoms. The zero-order chi connectivity index (χ0) is 25.6. The summed E-state index contributed by atoms with van der Waals surface area (Å²) < 4.78 is 0. The lowest BCUT2D eigenvalue weighted by Gasteiger charge is -2.20. The van der Waals surface area contributed by atoms with Gasteiger partial charge in [0.25, 0.3) is 0 Å². The highest BCUT2D eigenvalue weighted by molar-refractivity contribution is 6.30. The number of halogens is 1. The minimum absolute atomic E-state index is 0.139. The van der Waals surface area contributed by atoms with Crippen LogP contribution in [0.3, 0.4) is 0 Å². The number of aryl methyl sites for hydroxylation is 1. The van der Waals surface area contributed by atoms with E-state index in [0.717, 1.165) is 56.8 Å². The summed E-state index contributed by atoms with van der Waals surface area (Å²) in [6, 6.07) is 8.27. The first-order chi connectivity index (χ1) is 17.0. The van der Waals surface area contributed by atoms with Crippen molar-refractivity contribution in [2.45, 2.75) is 122 Å². The van der Waals surface area contributed by atoms with Gasteiger partial charge in [-0.3, -0.25) is 0 Å². The first kappa shape index (κ1) is 32.4. The van der Waals surface area contributed by atoms with Gasteiger partial charge in [0.1, 0.15) is 0 Å². The SMILES string of the molecule is CCCCCCCCCCCCCC(O)CCC(CCc1ccc(Cl)cc1)CNCCCN(C)C. The molecule has 0 aliphatic rings. The summed E-state index contributed by atoms with van der Waals surface area (Å²) in [6.45, 7) is 5.52. The molecule has 4 heteroatoms. The van der Waals surface area contributed by atoms with E-state index in [1.54, 1.807) is 0 Å². The Morgan fingerprint density at radius 1 is 0.771 bits per heavy atom. The van der Waals surface area contributed by atoms with Crippen molar-refractivity contribution in [2.24, 2.45) is 5.92 Å². The molecule has 1 aromatic carbocycles. The number of nitrogens with one attached hydrogen (secondary N) is 1. The topological polar surface area (TPSA) is 35.5 Å². The molecule has 0 saturated heterocycles. The third-order valence-electron chi connectivity index (χ3n) is 7.20. The van der Waals surface area contributed by atoms with Crippen LogP contribution in [0.25, 0.3) is 0 Å². The van der Waals surface area contributed by atoms with Gasteiger partial charge in [0, 0.05) is 5.02 Å². The molecule has 0 heterocycles. The van der Waals surface area contributed by atoms with Crippen molar-refractivity contribution in [3.05, 3.63) is 34.9 Å². The molecule has 0 amide bonds. The van der Waals surface area contributed by atoms with Crippen LogP contribution in [0.1, 0.15) is 115 Å². The van der Waals surface area contributed by atoms with Crippen molar-refractivity contribution in [3.8, 4) is 0 Å². The van der Waals surface area contributed by atoms with Crippen molar-refractivity contribution < 1.29 is 5.11 Å². The number of aliphatic hydroxyl groups excluding tert-OH is 1. The highest BCUT2D eigenvalue weighted by Crippen LogP contribution is 2.20. The summed E-state index contributed by atoms with van der Waals surface area (Å²) in [7, 11) is 4.26. The van der Waals surface area contributed by atoms with Gasteiger partial charge in [-0.1, -0.05) is 101 Å². The molecule has 0 aliphatic carbocycles. The molecule has 0 aliphatic heterocycles. The number of benzene rings is 1. The quantitative estimate of drug-likeness (QED) is 0.138. The molecular weight excluding hydrogens is 452 g/mol. The molecule has 0 radical (unpaired) electrons. The Morgan fingerprint density at radius 3 is 1.97 bits per heavy atom. The van der Waals surface area contributed by atoms with Gasteiger partial charge in [0.15, 0.2) is 0 Å². The van der Waals surface area contributed by atoms with Crippen LogP contribution in [-0.2, 0) is 6.42 Å². The van der Waals surface area contributed by atoms with Crippen LogP contribution in [0, 0.1) is 5.92 Å². The molecule has 0 spiro atoms. The monoisotopic (exact) mass is 508 g/mol. The molecule has 2 N–H and O–H groups in total. The molecule has 3 nitrogen and oxygen atoms in total. The Bertz CT molecular complexity index is 578. The van der Waals surface area contributed by atoms with Gasteiger partial charge in [-0.25, -0.2) is 0 Å². The lowest BCUT2D eigenvalue weighted by atomic mass is 9.92. The summed E-state index contributed by atoms with van der Waals surface area (Å²) >= 11 is 6.04. The lowest BCUT2D eigenvalue weighted by Crippen LogP contribution is -2.27. The molecular formula is C31H57ClN2O. The lowest BCUT2D eigenvalue weighted by molar-refractivity contribution is 0.140. The number of hydrogen-bond acceptors (Lipinski definition) is 3. The maximum Gasteiger partial charge on any atom is 0.0540 e. The summed E-state index contributed by atoms with van der Waals surface area (Å²) in [5.74, 6) is 0.608. The largest absolute Gasteiger partial charge is 0.393 e. The van der Waals surface area contributed by atoms with E-state index in [2.05, 4.69) is 43.4 Å². The van der Waals surface area contributed by atoms with Crippen molar-refractivity contribution in [1.29, 1.82) is 0 Å². The van der Waals surface area contributed by atoms with E-state index in [4.69, 9.17) is 11.6 Å². The second-order valence-electron chi connectivity index (χ2n) is 10.9. The number of unbranched alkanes of at least 4 members (excludes halogenated alkanes) is 10. The average molecular weight is 509 g/mol. The molecule has 2 unspecified atom stereocenters. The molecule has 0 bridgehead atoms. The molecule has 2 atom stereocenters. The van der Waals surface area contributed by atoms with Gasteiger partial charge < -0.3 is 15.3 Å². The molecule has 0 aromatic heterocycles. The predicted molar refractivity (Wildman–Crippen MR) is 156 cm³/mol. The fourth-order valence-electron chi connectivity index (χ4n) is 4.81. The highest BCUT2D eigenvalue weighted by Gasteiger charge is 2.13. The van der Waals surface area contributed by atoms with Gasteiger partial charge in [0.2, 0.25) is 0 Å². The molecule has 1 rings (SSSR count). The van der Waals surface area contributed by atoms with Crippen molar-refractivity contribution >= 4 is 11.6 Å². The zero-order valence-corrected chi connectivity index (χ0v) is 24.1. The van der Waals surface area contributed by atoms with E-state index in [1.807, 2.05) is 12.1 Å². The average Bonchev–Trinajstić information content (AvgIpc) is 2.84. The second-order valence-corrected chi connectivity index (χ2v) is 11.4. The van der Waals surface area contributed by atoms with Crippen LogP contribution in [0.2, 0.25) is 5.02 Å². The third-order valence-corrected chi connectivity index (χ3v) is 7.45. The fraction of sp³-hybridized carbons (Fsp3) is 0.806. The van der Waals surface area contributed by atoms with Gasteiger partial charge in [0.05, 0.1) is 6.10 Å². The Hall–Kier alpha value is -0.610. The predicted octanol–water partition coefficient (Wildman–Crippen LogP) is 8.27. The van der Waals surface area contributed by atoms with Crippen LogP contribution >= 0.6 is 11.6 Å². The van der Waals surface area contributed by atoms with Crippen LogP contribution in [0.15, 0.2) is 24.3 Å². The Balaban J connectivity index is 2.19. The minimum Gasteiger partial charge on any atom is -0.393 e. The van der Waals surface area contributed by atoms with Crippen LogP contribution in [-0.4, -0.2) is 49.8 Å². The fourth-order valence-corrected chi connectivity index (χ4v) is 4.94. The van der Waals surface area contributed by atoms with E-state index in [-0.39, 0.29) is 6.10 Å². The van der Waals surface area contributed by atoms with Crippen LogP contribution in [0.5, 0.6) is 0 Å². The Morgan fingerprint density at radius 2 is 1.37 bits per heavy atom. The van der Waals surface area contributed by atoms with Gasteiger partial charge >= 0.3 is 0 Å². The number of hydrogen-bond donors (Lipinski definition) is 2. The van der Waals surface area contributed by atoms with Gasteiger partial charge in [-0.05, 0) is 95.9 Å². The molecule has 0 fully saturated rings. The van der Waals surface area contributed by atoms with E-state index >= 15 is 0 Å². The summed E-state index contributed by atoms with van der Waals surface area (Å²) in [6.07, 6.45) is 21.3. The maximum absolute atomic E-state index is 10.6. The molecule has 204 valence electrons.